The van der Waals surface area contributed by atoms with Gasteiger partial charge in [-0.3, -0.25) is 9.59 Å². The van der Waals surface area contributed by atoms with E-state index in [1.165, 1.54) is 24.3 Å². The van der Waals surface area contributed by atoms with Crippen molar-refractivity contribution in [3.63, 3.8) is 0 Å². The quantitative estimate of drug-likeness (QED) is 0.819. The molecule has 0 spiro atoms. The molecule has 1 aromatic heterocycles. The molecule has 1 heterocycles. The number of rotatable bonds is 3. The van der Waals surface area contributed by atoms with Gasteiger partial charge >= 0.3 is 0 Å². The first-order valence-corrected chi connectivity index (χ1v) is 5.39. The summed E-state index contributed by atoms with van der Waals surface area (Å²) >= 11 is 0. The Morgan fingerprint density at radius 1 is 1.32 bits per heavy atom. The third-order valence-corrected chi connectivity index (χ3v) is 2.54. The van der Waals surface area contributed by atoms with Gasteiger partial charge in [0, 0.05) is 17.2 Å². The number of aromatic nitrogens is 2. The number of halogens is 1. The van der Waals surface area contributed by atoms with Crippen LogP contribution in [0.25, 0.3) is 0 Å². The van der Waals surface area contributed by atoms with Crippen molar-refractivity contribution in [2.45, 2.75) is 6.54 Å². The molecule has 0 saturated heterocycles. The Labute approximate surface area is 107 Å². The van der Waals surface area contributed by atoms with Crippen molar-refractivity contribution in [1.82, 2.24) is 9.78 Å². The van der Waals surface area contributed by atoms with Crippen LogP contribution < -0.4 is 17.0 Å². The molecule has 0 bridgehead atoms. The monoisotopic (exact) mass is 262 g/mol. The van der Waals surface area contributed by atoms with Gasteiger partial charge in [0.1, 0.15) is 11.6 Å². The highest BCUT2D eigenvalue weighted by Crippen LogP contribution is 2.11. The number of nitrogen functional groups attached to an aromatic ring is 1. The van der Waals surface area contributed by atoms with Crippen LogP contribution >= 0.6 is 0 Å². The summed E-state index contributed by atoms with van der Waals surface area (Å²) in [4.78, 5) is 22.6. The Hall–Kier alpha value is -2.70. The van der Waals surface area contributed by atoms with Gasteiger partial charge in [0.2, 0.25) is 5.91 Å². The Balaban J connectivity index is 2.43. The van der Waals surface area contributed by atoms with E-state index in [1.807, 2.05) is 0 Å². The van der Waals surface area contributed by atoms with Gasteiger partial charge in [0.05, 0.1) is 6.54 Å². The minimum absolute atomic E-state index is 0.128. The normalized spacial score (nSPS) is 10.4. The van der Waals surface area contributed by atoms with Gasteiger partial charge in [-0.15, -0.1) is 0 Å². The van der Waals surface area contributed by atoms with E-state index in [1.54, 1.807) is 0 Å². The third-order valence-electron chi connectivity index (χ3n) is 2.54. The molecule has 0 aliphatic heterocycles. The molecule has 6 nitrogen and oxygen atoms in total. The van der Waals surface area contributed by atoms with Crippen molar-refractivity contribution in [3.8, 4) is 0 Å². The van der Waals surface area contributed by atoms with Crippen molar-refractivity contribution in [2.24, 2.45) is 5.73 Å². The number of carbonyl (C=O) groups excluding carboxylic acids is 1. The molecule has 7 heteroatoms. The third kappa shape index (κ3) is 2.76. The zero-order valence-corrected chi connectivity index (χ0v) is 9.84. The molecule has 1 aromatic carbocycles. The Kier molecular flexibility index (Phi) is 3.28. The van der Waals surface area contributed by atoms with Crippen LogP contribution in [-0.2, 0) is 6.54 Å². The fourth-order valence-electron chi connectivity index (χ4n) is 1.59. The first kappa shape index (κ1) is 12.7. The maximum absolute atomic E-state index is 13.6. The number of nitrogens with two attached hydrogens (primary N) is 2. The summed E-state index contributed by atoms with van der Waals surface area (Å²) in [7, 11) is 0. The molecule has 2 rings (SSSR count). The van der Waals surface area contributed by atoms with Crippen LogP contribution in [0.15, 0.2) is 35.1 Å². The fourth-order valence-corrected chi connectivity index (χ4v) is 1.59. The molecule has 0 saturated carbocycles. The average Bonchev–Trinajstić information content (AvgIpc) is 2.36. The lowest BCUT2D eigenvalue weighted by Crippen LogP contribution is -2.24. The summed E-state index contributed by atoms with van der Waals surface area (Å²) in [6, 6.07) is 6.27. The fraction of sp³-hybridized carbons (Fsp3) is 0.0833. The number of hydrogen-bond acceptors (Lipinski definition) is 4. The van der Waals surface area contributed by atoms with Crippen molar-refractivity contribution in [1.29, 1.82) is 0 Å². The maximum Gasteiger partial charge on any atom is 0.267 e. The topological polar surface area (TPSA) is 104 Å². The predicted octanol–water partition coefficient (Wildman–Crippen LogP) is 0.112. The zero-order valence-electron chi connectivity index (χ0n) is 9.84. The van der Waals surface area contributed by atoms with E-state index in [-0.39, 0.29) is 23.5 Å². The number of anilines is 1. The van der Waals surface area contributed by atoms with Crippen molar-refractivity contribution in [2.75, 3.05) is 5.73 Å². The Bertz CT molecular complexity index is 696. The highest BCUT2D eigenvalue weighted by molar-refractivity contribution is 5.92. The number of nitrogens with zero attached hydrogens (tertiary/aromatic N) is 2. The van der Waals surface area contributed by atoms with E-state index in [0.29, 0.717) is 0 Å². The van der Waals surface area contributed by atoms with E-state index in [0.717, 1.165) is 10.7 Å². The van der Waals surface area contributed by atoms with Crippen molar-refractivity contribution >= 4 is 11.7 Å². The van der Waals surface area contributed by atoms with Crippen molar-refractivity contribution in [3.05, 3.63) is 57.6 Å². The average molecular weight is 262 g/mol. The highest BCUT2D eigenvalue weighted by atomic mass is 19.1. The first-order chi connectivity index (χ1) is 8.97. The van der Waals surface area contributed by atoms with Crippen LogP contribution in [0.1, 0.15) is 15.9 Å². The van der Waals surface area contributed by atoms with Crippen LogP contribution in [0.4, 0.5) is 10.2 Å². The zero-order chi connectivity index (χ0) is 14.0. The van der Waals surface area contributed by atoms with Crippen LogP contribution in [0.5, 0.6) is 0 Å². The Morgan fingerprint density at radius 3 is 2.74 bits per heavy atom. The molecule has 0 fully saturated rings. The lowest BCUT2D eigenvalue weighted by atomic mass is 10.1. The molecule has 0 aliphatic carbocycles. The van der Waals surface area contributed by atoms with E-state index < -0.39 is 17.3 Å². The number of primary amides is 1. The summed E-state index contributed by atoms with van der Waals surface area (Å²) in [5.41, 5.74) is 10.5. The molecule has 98 valence electrons. The summed E-state index contributed by atoms with van der Waals surface area (Å²) in [5.74, 6) is -1.08. The number of amides is 1. The molecule has 0 radical (unpaired) electrons. The van der Waals surface area contributed by atoms with Crippen LogP contribution in [0.3, 0.4) is 0 Å². The summed E-state index contributed by atoms with van der Waals surface area (Å²) in [6.07, 6.45) is 0. The minimum Gasteiger partial charge on any atom is -0.382 e. The smallest absolute Gasteiger partial charge is 0.267 e. The number of benzene rings is 1. The van der Waals surface area contributed by atoms with Gasteiger partial charge in [-0.2, -0.15) is 5.10 Å². The molecule has 2 aromatic rings. The second-order valence-corrected chi connectivity index (χ2v) is 3.92. The molecular formula is C12H11FN4O2. The lowest BCUT2D eigenvalue weighted by molar-refractivity contribution is 0.1000. The van der Waals surface area contributed by atoms with Gasteiger partial charge in [-0.1, -0.05) is 0 Å². The van der Waals surface area contributed by atoms with Gasteiger partial charge in [0.15, 0.2) is 0 Å². The van der Waals surface area contributed by atoms with E-state index >= 15 is 0 Å². The molecule has 1 amide bonds. The van der Waals surface area contributed by atoms with Crippen molar-refractivity contribution < 1.29 is 9.18 Å². The lowest BCUT2D eigenvalue weighted by Gasteiger charge is -2.07. The maximum atomic E-state index is 13.6. The molecular weight excluding hydrogens is 251 g/mol. The number of carbonyl (C=O) groups is 1. The summed E-state index contributed by atoms with van der Waals surface area (Å²) in [6.45, 7) is -0.128. The second kappa shape index (κ2) is 4.89. The highest BCUT2D eigenvalue weighted by Gasteiger charge is 2.09. The van der Waals surface area contributed by atoms with Gasteiger partial charge in [0.25, 0.3) is 5.56 Å². The first-order valence-electron chi connectivity index (χ1n) is 5.39. The largest absolute Gasteiger partial charge is 0.382 e. The van der Waals surface area contributed by atoms with E-state index in [4.69, 9.17) is 11.5 Å². The number of hydrogen-bond donors (Lipinski definition) is 2. The molecule has 19 heavy (non-hydrogen) atoms. The van der Waals surface area contributed by atoms with Gasteiger partial charge in [-0.05, 0) is 24.3 Å². The van der Waals surface area contributed by atoms with Gasteiger partial charge in [-0.25, -0.2) is 9.07 Å². The van der Waals surface area contributed by atoms with Crippen LogP contribution in [0.2, 0.25) is 0 Å². The molecule has 0 aliphatic rings. The van der Waals surface area contributed by atoms with Crippen LogP contribution in [-0.4, -0.2) is 15.7 Å². The second-order valence-electron chi connectivity index (χ2n) is 3.92. The standard InChI is InChI=1S/C12H11FN4O2/c13-9-2-1-7(12(15)19)5-8(9)6-17-11(18)4-3-10(14)16-17/h1-5H,6H2,(H2,14,16)(H2,15,19). The predicted molar refractivity (Wildman–Crippen MR) is 66.9 cm³/mol. The van der Waals surface area contributed by atoms with E-state index in [2.05, 4.69) is 5.10 Å². The molecule has 0 unspecified atom stereocenters. The summed E-state index contributed by atoms with van der Waals surface area (Å²) in [5, 5.41) is 3.78. The minimum atomic E-state index is -0.672. The Morgan fingerprint density at radius 2 is 2.05 bits per heavy atom. The molecule has 0 atom stereocenters. The summed E-state index contributed by atoms with van der Waals surface area (Å²) < 4.78 is 14.6. The molecule has 4 N–H and O–H groups in total. The van der Waals surface area contributed by atoms with Gasteiger partial charge < -0.3 is 11.5 Å². The van der Waals surface area contributed by atoms with E-state index in [9.17, 15) is 14.0 Å². The SMILES string of the molecule is NC(=O)c1ccc(F)c(Cn2nc(N)ccc2=O)c1. The van der Waals surface area contributed by atoms with Crippen LogP contribution in [0, 0.1) is 5.82 Å².